The maximum absolute atomic E-state index is 11.4. The van der Waals surface area contributed by atoms with Crippen LogP contribution in [0.2, 0.25) is 0 Å². The van der Waals surface area contributed by atoms with E-state index in [1.54, 1.807) is 4.90 Å². The number of likely N-dealkylation sites (tertiary alicyclic amines) is 1. The number of nitrogens with zero attached hydrogens (tertiary/aromatic N) is 1. The molecule has 1 rings (SSSR count). The van der Waals surface area contributed by atoms with Crippen molar-refractivity contribution in [2.24, 2.45) is 5.92 Å². The Balaban J connectivity index is 2.39. The maximum atomic E-state index is 11.4. The number of hydrogen-bond acceptors (Lipinski definition) is 2. The molecule has 2 atom stereocenters. The van der Waals surface area contributed by atoms with Gasteiger partial charge in [-0.2, -0.15) is 0 Å². The van der Waals surface area contributed by atoms with Gasteiger partial charge < -0.3 is 10.0 Å². The summed E-state index contributed by atoms with van der Waals surface area (Å²) in [5, 5.41) is 9.33. The third-order valence-electron chi connectivity index (χ3n) is 2.47. The normalized spacial score (nSPS) is 26.4. The second-order valence-electron chi connectivity index (χ2n) is 3.54. The number of carbonyl (C=O) groups is 1. The van der Waals surface area contributed by atoms with Crippen molar-refractivity contribution in [1.82, 2.24) is 4.90 Å². The molecule has 1 aliphatic heterocycles. The monoisotopic (exact) mass is 171 g/mol. The molecule has 1 saturated heterocycles. The van der Waals surface area contributed by atoms with Crippen molar-refractivity contribution >= 4 is 5.91 Å². The minimum Gasteiger partial charge on any atom is -0.391 e. The van der Waals surface area contributed by atoms with E-state index in [0.717, 1.165) is 19.4 Å². The van der Waals surface area contributed by atoms with Gasteiger partial charge in [0.15, 0.2) is 0 Å². The van der Waals surface area contributed by atoms with E-state index in [1.807, 2.05) is 13.8 Å². The van der Waals surface area contributed by atoms with E-state index in [0.29, 0.717) is 6.54 Å². The Morgan fingerprint density at radius 2 is 2.42 bits per heavy atom. The van der Waals surface area contributed by atoms with Crippen LogP contribution in [-0.2, 0) is 4.79 Å². The van der Waals surface area contributed by atoms with E-state index < -0.39 is 0 Å². The summed E-state index contributed by atoms with van der Waals surface area (Å²) in [6.45, 7) is 5.20. The number of carbonyl (C=O) groups excluding carboxylic acids is 1. The van der Waals surface area contributed by atoms with Gasteiger partial charge >= 0.3 is 0 Å². The summed E-state index contributed by atoms with van der Waals surface area (Å²) < 4.78 is 0. The van der Waals surface area contributed by atoms with Crippen LogP contribution in [0.3, 0.4) is 0 Å². The van der Waals surface area contributed by atoms with Crippen molar-refractivity contribution in [2.75, 3.05) is 13.1 Å². The second-order valence-corrected chi connectivity index (χ2v) is 3.54. The molecule has 1 N–H and O–H groups in total. The van der Waals surface area contributed by atoms with Gasteiger partial charge in [-0.05, 0) is 12.8 Å². The van der Waals surface area contributed by atoms with Crippen LogP contribution in [0.5, 0.6) is 0 Å². The summed E-state index contributed by atoms with van der Waals surface area (Å²) in [6.07, 6.45) is 1.31. The standard InChI is InChI=1S/C9H17NO2/c1-3-8(11)6-10-5-4-7(2)9(10)12/h7-8,11H,3-6H2,1-2H3. The molecule has 0 aromatic carbocycles. The molecule has 3 nitrogen and oxygen atoms in total. The van der Waals surface area contributed by atoms with Gasteiger partial charge in [0.1, 0.15) is 0 Å². The molecular weight excluding hydrogens is 154 g/mol. The fourth-order valence-electron chi connectivity index (χ4n) is 1.46. The summed E-state index contributed by atoms with van der Waals surface area (Å²) >= 11 is 0. The van der Waals surface area contributed by atoms with Crippen molar-refractivity contribution < 1.29 is 9.90 Å². The first-order valence-electron chi connectivity index (χ1n) is 4.62. The van der Waals surface area contributed by atoms with Gasteiger partial charge in [-0.1, -0.05) is 13.8 Å². The molecule has 70 valence electrons. The molecule has 0 aliphatic carbocycles. The van der Waals surface area contributed by atoms with Crippen LogP contribution in [0.1, 0.15) is 26.7 Å². The highest BCUT2D eigenvalue weighted by Gasteiger charge is 2.28. The van der Waals surface area contributed by atoms with Crippen molar-refractivity contribution in [3.63, 3.8) is 0 Å². The van der Waals surface area contributed by atoms with Gasteiger partial charge in [0.05, 0.1) is 6.10 Å². The number of hydrogen-bond donors (Lipinski definition) is 1. The Hall–Kier alpha value is -0.570. The quantitative estimate of drug-likeness (QED) is 0.676. The minimum absolute atomic E-state index is 0.161. The molecule has 0 radical (unpaired) electrons. The van der Waals surface area contributed by atoms with Gasteiger partial charge in [0, 0.05) is 19.0 Å². The van der Waals surface area contributed by atoms with E-state index in [4.69, 9.17) is 0 Å². The number of β-amino-alcohol motifs (C(OH)–C–C–N with tert-alkyl or cyclic N) is 1. The fraction of sp³-hybridized carbons (Fsp3) is 0.889. The lowest BCUT2D eigenvalue weighted by Gasteiger charge is -2.19. The van der Waals surface area contributed by atoms with E-state index >= 15 is 0 Å². The average molecular weight is 171 g/mol. The molecule has 0 saturated carbocycles. The molecule has 1 amide bonds. The highest BCUT2D eigenvalue weighted by molar-refractivity contribution is 5.80. The lowest BCUT2D eigenvalue weighted by Crippen LogP contribution is -2.34. The Labute approximate surface area is 73.4 Å². The Bertz CT molecular complexity index is 170. The number of amides is 1. The van der Waals surface area contributed by atoms with E-state index in [2.05, 4.69) is 0 Å². The highest BCUT2D eigenvalue weighted by Crippen LogP contribution is 2.17. The summed E-state index contributed by atoms with van der Waals surface area (Å²) in [6, 6.07) is 0. The zero-order chi connectivity index (χ0) is 9.14. The number of rotatable bonds is 3. The van der Waals surface area contributed by atoms with Gasteiger partial charge in [0.2, 0.25) is 5.91 Å². The van der Waals surface area contributed by atoms with Crippen LogP contribution in [0, 0.1) is 5.92 Å². The van der Waals surface area contributed by atoms with Crippen molar-refractivity contribution in [2.45, 2.75) is 32.8 Å². The summed E-state index contributed by atoms with van der Waals surface area (Å²) in [4.78, 5) is 13.1. The van der Waals surface area contributed by atoms with Crippen LogP contribution < -0.4 is 0 Å². The maximum Gasteiger partial charge on any atom is 0.225 e. The molecule has 2 unspecified atom stereocenters. The van der Waals surface area contributed by atoms with E-state index in [1.165, 1.54) is 0 Å². The molecule has 0 aromatic rings. The zero-order valence-electron chi connectivity index (χ0n) is 7.79. The Morgan fingerprint density at radius 3 is 2.83 bits per heavy atom. The number of aliphatic hydroxyl groups excluding tert-OH is 1. The van der Waals surface area contributed by atoms with Gasteiger partial charge in [0.25, 0.3) is 0 Å². The lowest BCUT2D eigenvalue weighted by atomic mass is 10.1. The SMILES string of the molecule is CCC(O)CN1CCC(C)C1=O. The third-order valence-corrected chi connectivity index (χ3v) is 2.47. The predicted molar refractivity (Wildman–Crippen MR) is 46.7 cm³/mol. The van der Waals surface area contributed by atoms with Crippen LogP contribution in [0.15, 0.2) is 0 Å². The highest BCUT2D eigenvalue weighted by atomic mass is 16.3. The van der Waals surface area contributed by atoms with E-state index in [9.17, 15) is 9.90 Å². The first kappa shape index (κ1) is 9.52. The number of aliphatic hydroxyl groups is 1. The zero-order valence-corrected chi connectivity index (χ0v) is 7.79. The van der Waals surface area contributed by atoms with Crippen LogP contribution in [0.4, 0.5) is 0 Å². The predicted octanol–water partition coefficient (Wildman–Crippen LogP) is 0.626. The Morgan fingerprint density at radius 1 is 1.75 bits per heavy atom. The van der Waals surface area contributed by atoms with Gasteiger partial charge in [-0.15, -0.1) is 0 Å². The van der Waals surface area contributed by atoms with Crippen molar-refractivity contribution in [3.8, 4) is 0 Å². The Kier molecular flexibility index (Phi) is 3.09. The second kappa shape index (κ2) is 3.90. The minimum atomic E-state index is -0.348. The molecule has 1 heterocycles. The fourth-order valence-corrected chi connectivity index (χ4v) is 1.46. The molecule has 3 heteroatoms. The van der Waals surface area contributed by atoms with E-state index in [-0.39, 0.29) is 17.9 Å². The average Bonchev–Trinajstić information content (AvgIpc) is 2.36. The molecule has 0 spiro atoms. The smallest absolute Gasteiger partial charge is 0.225 e. The molecule has 12 heavy (non-hydrogen) atoms. The summed E-state index contributed by atoms with van der Waals surface area (Å²) in [5.74, 6) is 0.358. The van der Waals surface area contributed by atoms with Crippen LogP contribution in [0.25, 0.3) is 0 Å². The first-order valence-corrected chi connectivity index (χ1v) is 4.62. The third kappa shape index (κ3) is 1.97. The molecule has 1 fully saturated rings. The van der Waals surface area contributed by atoms with Crippen molar-refractivity contribution in [1.29, 1.82) is 0 Å². The van der Waals surface area contributed by atoms with Crippen molar-refractivity contribution in [3.05, 3.63) is 0 Å². The van der Waals surface area contributed by atoms with Gasteiger partial charge in [-0.3, -0.25) is 4.79 Å². The molecule has 0 aromatic heterocycles. The van der Waals surface area contributed by atoms with Gasteiger partial charge in [-0.25, -0.2) is 0 Å². The molecule has 0 bridgehead atoms. The van der Waals surface area contributed by atoms with Crippen LogP contribution >= 0.6 is 0 Å². The topological polar surface area (TPSA) is 40.5 Å². The summed E-state index contributed by atoms with van der Waals surface area (Å²) in [5.41, 5.74) is 0. The van der Waals surface area contributed by atoms with Crippen LogP contribution in [-0.4, -0.2) is 35.1 Å². The largest absolute Gasteiger partial charge is 0.391 e. The first-order chi connectivity index (χ1) is 5.65. The lowest BCUT2D eigenvalue weighted by molar-refractivity contribution is -0.131. The summed E-state index contributed by atoms with van der Waals surface area (Å²) in [7, 11) is 0. The molecular formula is C9H17NO2. The molecule has 1 aliphatic rings.